The van der Waals surface area contributed by atoms with Crippen LogP contribution in [0.25, 0.3) is 0 Å². The molecule has 0 aliphatic heterocycles. The standard InChI is InChI=1S/C22H18F4O2/c1-11-5-12(2)8-15(7-11)27-21-17(23)19(25)22(20(26)18(21)24)28-16-9-13(3)6-14(4)10-16/h5-10H,1-4H3. The van der Waals surface area contributed by atoms with Crippen molar-refractivity contribution in [3.63, 3.8) is 0 Å². The maximum atomic E-state index is 14.5. The van der Waals surface area contributed by atoms with Crippen molar-refractivity contribution in [2.45, 2.75) is 27.7 Å². The average molecular weight is 390 g/mol. The minimum absolute atomic E-state index is 0.0667. The Hall–Kier alpha value is -3.02. The molecule has 0 aliphatic carbocycles. The summed E-state index contributed by atoms with van der Waals surface area (Å²) >= 11 is 0. The molecule has 0 fully saturated rings. The highest BCUT2D eigenvalue weighted by atomic mass is 19.2. The number of halogens is 4. The number of ether oxygens (including phenoxy) is 2. The van der Waals surface area contributed by atoms with Crippen LogP contribution in [0.3, 0.4) is 0 Å². The van der Waals surface area contributed by atoms with Crippen molar-refractivity contribution >= 4 is 0 Å². The van der Waals surface area contributed by atoms with Crippen LogP contribution in [0.5, 0.6) is 23.0 Å². The van der Waals surface area contributed by atoms with Gasteiger partial charge < -0.3 is 9.47 Å². The second-order valence-corrected chi connectivity index (χ2v) is 6.77. The molecule has 2 nitrogen and oxygen atoms in total. The fourth-order valence-corrected chi connectivity index (χ4v) is 2.99. The van der Waals surface area contributed by atoms with Crippen molar-refractivity contribution in [2.75, 3.05) is 0 Å². The van der Waals surface area contributed by atoms with E-state index in [1.54, 1.807) is 27.7 Å². The first-order valence-corrected chi connectivity index (χ1v) is 8.54. The Morgan fingerprint density at radius 2 is 0.714 bits per heavy atom. The van der Waals surface area contributed by atoms with E-state index in [9.17, 15) is 17.6 Å². The minimum atomic E-state index is -1.67. The SMILES string of the molecule is Cc1cc(C)cc(Oc2c(F)c(F)c(Oc3cc(C)cc(C)c3)c(F)c2F)c1. The highest BCUT2D eigenvalue weighted by Gasteiger charge is 2.29. The molecule has 0 spiro atoms. The summed E-state index contributed by atoms with van der Waals surface area (Å²) in [6.07, 6.45) is 0. The average Bonchev–Trinajstić information content (AvgIpc) is 2.59. The van der Waals surface area contributed by atoms with Gasteiger partial charge in [0.05, 0.1) is 0 Å². The molecule has 0 saturated heterocycles. The van der Waals surface area contributed by atoms with Crippen LogP contribution in [-0.2, 0) is 0 Å². The Balaban J connectivity index is 2.03. The fraction of sp³-hybridized carbons (Fsp3) is 0.182. The zero-order valence-corrected chi connectivity index (χ0v) is 15.8. The molecule has 28 heavy (non-hydrogen) atoms. The zero-order chi connectivity index (χ0) is 20.6. The van der Waals surface area contributed by atoms with Crippen molar-refractivity contribution in [2.24, 2.45) is 0 Å². The van der Waals surface area contributed by atoms with Crippen molar-refractivity contribution in [3.8, 4) is 23.0 Å². The van der Waals surface area contributed by atoms with Gasteiger partial charge in [0.2, 0.25) is 34.8 Å². The molecule has 6 heteroatoms. The van der Waals surface area contributed by atoms with E-state index in [1.165, 1.54) is 24.3 Å². The van der Waals surface area contributed by atoms with E-state index < -0.39 is 34.8 Å². The topological polar surface area (TPSA) is 18.5 Å². The van der Waals surface area contributed by atoms with Gasteiger partial charge >= 0.3 is 0 Å². The molecular formula is C22H18F4O2. The van der Waals surface area contributed by atoms with Gasteiger partial charge in [-0.3, -0.25) is 0 Å². The molecule has 0 aliphatic rings. The number of benzene rings is 3. The molecule has 0 unspecified atom stereocenters. The van der Waals surface area contributed by atoms with Crippen molar-refractivity contribution in [1.29, 1.82) is 0 Å². The number of aryl methyl sites for hydroxylation is 4. The van der Waals surface area contributed by atoms with Gasteiger partial charge in [-0.25, -0.2) is 0 Å². The van der Waals surface area contributed by atoms with Gasteiger partial charge in [-0.15, -0.1) is 0 Å². The van der Waals surface area contributed by atoms with Crippen LogP contribution in [0.15, 0.2) is 36.4 Å². The maximum Gasteiger partial charge on any atom is 0.208 e. The lowest BCUT2D eigenvalue weighted by molar-refractivity contribution is 0.330. The van der Waals surface area contributed by atoms with Crippen LogP contribution in [0, 0.1) is 51.0 Å². The molecule has 3 aromatic rings. The Bertz CT molecular complexity index is 907. The van der Waals surface area contributed by atoms with Crippen LogP contribution in [0.1, 0.15) is 22.3 Å². The number of hydrogen-bond acceptors (Lipinski definition) is 2. The summed E-state index contributed by atoms with van der Waals surface area (Å²) in [5, 5.41) is 0. The summed E-state index contributed by atoms with van der Waals surface area (Å²) in [6.45, 7) is 7.03. The largest absolute Gasteiger partial charge is 0.451 e. The Morgan fingerprint density at radius 3 is 0.964 bits per heavy atom. The molecule has 0 amide bonds. The number of hydrogen-bond donors (Lipinski definition) is 0. The number of rotatable bonds is 4. The molecule has 0 heterocycles. The lowest BCUT2D eigenvalue weighted by atomic mass is 10.1. The van der Waals surface area contributed by atoms with E-state index in [2.05, 4.69) is 0 Å². The van der Waals surface area contributed by atoms with Crippen LogP contribution >= 0.6 is 0 Å². The van der Waals surface area contributed by atoms with Crippen molar-refractivity contribution in [3.05, 3.63) is 81.9 Å². The molecule has 0 bridgehead atoms. The zero-order valence-electron chi connectivity index (χ0n) is 15.8. The second kappa shape index (κ2) is 7.54. The van der Waals surface area contributed by atoms with Gasteiger partial charge in [-0.1, -0.05) is 12.1 Å². The molecular weight excluding hydrogens is 372 g/mol. The Kier molecular flexibility index (Phi) is 5.31. The van der Waals surface area contributed by atoms with Crippen molar-refractivity contribution < 1.29 is 27.0 Å². The minimum Gasteiger partial charge on any atom is -0.451 e. The van der Waals surface area contributed by atoms with E-state index in [1.807, 2.05) is 12.1 Å². The van der Waals surface area contributed by atoms with E-state index in [0.717, 1.165) is 22.3 Å². The smallest absolute Gasteiger partial charge is 0.208 e. The predicted molar refractivity (Wildman–Crippen MR) is 98.3 cm³/mol. The van der Waals surface area contributed by atoms with Crippen LogP contribution in [0.2, 0.25) is 0 Å². The third kappa shape index (κ3) is 3.96. The molecule has 0 saturated carbocycles. The molecule has 3 rings (SSSR count). The van der Waals surface area contributed by atoms with E-state index in [-0.39, 0.29) is 11.5 Å². The summed E-state index contributed by atoms with van der Waals surface area (Å²) in [5.74, 6) is -8.86. The summed E-state index contributed by atoms with van der Waals surface area (Å²) in [5.41, 5.74) is 3.08. The van der Waals surface area contributed by atoms with Gasteiger partial charge in [0.25, 0.3) is 0 Å². The van der Waals surface area contributed by atoms with Crippen molar-refractivity contribution in [1.82, 2.24) is 0 Å². The second-order valence-electron chi connectivity index (χ2n) is 6.77. The first-order valence-electron chi connectivity index (χ1n) is 8.54. The van der Waals surface area contributed by atoms with Gasteiger partial charge in [0, 0.05) is 0 Å². The third-order valence-electron chi connectivity index (χ3n) is 4.01. The lowest BCUT2D eigenvalue weighted by Crippen LogP contribution is -2.04. The quantitative estimate of drug-likeness (QED) is 0.351. The molecule has 0 radical (unpaired) electrons. The van der Waals surface area contributed by atoms with Gasteiger partial charge in [-0.05, 0) is 74.2 Å². The third-order valence-corrected chi connectivity index (χ3v) is 4.01. The first kappa shape index (κ1) is 19.7. The molecule has 0 N–H and O–H groups in total. The van der Waals surface area contributed by atoms with Gasteiger partial charge in [-0.2, -0.15) is 17.6 Å². The Morgan fingerprint density at radius 1 is 0.464 bits per heavy atom. The van der Waals surface area contributed by atoms with Crippen LogP contribution in [-0.4, -0.2) is 0 Å². The summed E-state index contributed by atoms with van der Waals surface area (Å²) in [7, 11) is 0. The van der Waals surface area contributed by atoms with E-state index in [4.69, 9.17) is 9.47 Å². The molecule has 0 atom stereocenters. The molecule has 0 aromatic heterocycles. The highest BCUT2D eigenvalue weighted by molar-refractivity contribution is 5.44. The summed E-state index contributed by atoms with van der Waals surface area (Å²) < 4.78 is 68.1. The maximum absolute atomic E-state index is 14.5. The monoisotopic (exact) mass is 390 g/mol. The van der Waals surface area contributed by atoms with Crippen LogP contribution in [0.4, 0.5) is 17.6 Å². The van der Waals surface area contributed by atoms with E-state index >= 15 is 0 Å². The fourth-order valence-electron chi connectivity index (χ4n) is 2.99. The normalized spacial score (nSPS) is 10.9. The van der Waals surface area contributed by atoms with E-state index in [0.29, 0.717) is 0 Å². The molecule has 146 valence electrons. The molecule has 3 aromatic carbocycles. The van der Waals surface area contributed by atoms with Crippen LogP contribution < -0.4 is 9.47 Å². The highest BCUT2D eigenvalue weighted by Crippen LogP contribution is 2.39. The van der Waals surface area contributed by atoms with Gasteiger partial charge in [0.15, 0.2) is 0 Å². The lowest BCUT2D eigenvalue weighted by Gasteiger charge is -2.14. The summed E-state index contributed by atoms with van der Waals surface area (Å²) in [4.78, 5) is 0. The van der Waals surface area contributed by atoms with Gasteiger partial charge in [0.1, 0.15) is 11.5 Å². The Labute approximate surface area is 160 Å². The first-order chi connectivity index (χ1) is 13.2. The summed E-state index contributed by atoms with van der Waals surface area (Å²) in [6, 6.07) is 9.65. The predicted octanol–water partition coefficient (Wildman–Crippen LogP) is 7.06.